The Kier molecular flexibility index (Phi) is 16.0. The topological polar surface area (TPSA) is 203 Å². The summed E-state index contributed by atoms with van der Waals surface area (Å²) in [5.41, 5.74) is 13.7. The van der Waals surface area contributed by atoms with E-state index in [1.165, 1.54) is 14.2 Å². The molecule has 0 saturated carbocycles. The molecule has 1 heterocycles. The van der Waals surface area contributed by atoms with Crippen molar-refractivity contribution in [1.29, 1.82) is 0 Å². The van der Waals surface area contributed by atoms with Gasteiger partial charge in [-0.05, 0) is 72.8 Å². The van der Waals surface area contributed by atoms with Gasteiger partial charge in [-0.15, -0.1) is 0 Å². The first kappa shape index (κ1) is 41.4. The minimum atomic E-state index is -0.442. The molecule has 3 rings (SSSR count). The molecule has 52 heavy (non-hydrogen) atoms. The molecule has 0 fully saturated rings. The summed E-state index contributed by atoms with van der Waals surface area (Å²) in [5.74, 6) is -0.387. The van der Waals surface area contributed by atoms with Crippen molar-refractivity contribution in [2.24, 2.45) is 11.5 Å². The van der Waals surface area contributed by atoms with Crippen molar-refractivity contribution in [3.05, 3.63) is 56.8 Å². The number of rotatable bonds is 21. The van der Waals surface area contributed by atoms with Crippen LogP contribution in [-0.2, 0) is 32.0 Å². The number of methoxy groups -OCH3 is 2. The van der Waals surface area contributed by atoms with Crippen LogP contribution in [-0.4, -0.2) is 62.9 Å². The van der Waals surface area contributed by atoms with Gasteiger partial charge in [-0.2, -0.15) is 0 Å². The lowest BCUT2D eigenvalue weighted by atomic mass is 9.98. The molecule has 13 nitrogen and oxygen atoms in total. The molecule has 284 valence electrons. The highest BCUT2D eigenvalue weighted by molar-refractivity contribution is 5.98. The fourth-order valence-electron chi connectivity index (χ4n) is 5.68. The maximum Gasteiger partial charge on any atom is 0.307 e. The number of nitrogens with two attached hydrogens (primary N) is 2. The van der Waals surface area contributed by atoms with Crippen LogP contribution in [0.25, 0.3) is 21.9 Å². The smallest absolute Gasteiger partial charge is 0.307 e. The number of phenolic OH excluding ortho intramolecular Hbond substituents is 1. The average molecular weight is 724 g/mol. The van der Waals surface area contributed by atoms with Gasteiger partial charge in [0.25, 0.3) is 0 Å². The molecule has 0 spiro atoms. The van der Waals surface area contributed by atoms with Crippen LogP contribution in [0.4, 0.5) is 0 Å². The van der Waals surface area contributed by atoms with Crippen molar-refractivity contribution < 1.29 is 42.9 Å². The third-order valence-corrected chi connectivity index (χ3v) is 8.34. The van der Waals surface area contributed by atoms with E-state index in [0.29, 0.717) is 67.0 Å². The minimum Gasteiger partial charge on any atom is -0.507 e. The average Bonchev–Trinajstić information content (AvgIpc) is 3.08. The molecule has 3 aromatic rings. The zero-order valence-electron chi connectivity index (χ0n) is 31.1. The summed E-state index contributed by atoms with van der Waals surface area (Å²) in [6.45, 7) is 8.47. The van der Waals surface area contributed by atoms with Gasteiger partial charge in [-0.25, -0.2) is 0 Å². The fraction of sp³-hybridized carbons (Fsp3) is 0.487. The number of primary amides is 1. The quantitative estimate of drug-likeness (QED) is 0.0483. The van der Waals surface area contributed by atoms with Gasteiger partial charge >= 0.3 is 5.97 Å². The second-order valence-corrected chi connectivity index (χ2v) is 13.1. The highest BCUT2D eigenvalue weighted by Crippen LogP contribution is 2.41. The van der Waals surface area contributed by atoms with Crippen molar-refractivity contribution in [3.63, 3.8) is 0 Å². The van der Waals surface area contributed by atoms with Crippen molar-refractivity contribution in [2.75, 3.05) is 34.0 Å². The zero-order valence-corrected chi connectivity index (χ0v) is 31.1. The number of allylic oxidation sites excluding steroid dienone is 4. The molecule has 0 saturated heterocycles. The minimum absolute atomic E-state index is 0.00106. The predicted molar refractivity (Wildman–Crippen MR) is 200 cm³/mol. The van der Waals surface area contributed by atoms with Crippen molar-refractivity contribution >= 4 is 39.7 Å². The van der Waals surface area contributed by atoms with E-state index in [0.717, 1.165) is 11.1 Å². The first-order valence-electron chi connectivity index (χ1n) is 17.5. The molecule has 2 amide bonds. The van der Waals surface area contributed by atoms with Crippen molar-refractivity contribution in [1.82, 2.24) is 5.32 Å². The maximum atomic E-state index is 14.3. The molecule has 0 aliphatic carbocycles. The maximum absolute atomic E-state index is 14.3. The Morgan fingerprint density at radius 1 is 0.885 bits per heavy atom. The summed E-state index contributed by atoms with van der Waals surface area (Å²) >= 11 is 0. The third kappa shape index (κ3) is 11.5. The molecule has 13 heteroatoms. The largest absolute Gasteiger partial charge is 0.507 e. The molecule has 0 aliphatic heterocycles. The highest BCUT2D eigenvalue weighted by Gasteiger charge is 2.25. The number of fused-ring (bicyclic) bond motifs is 2. The van der Waals surface area contributed by atoms with Crippen LogP contribution in [0.15, 0.2) is 44.6 Å². The Morgan fingerprint density at radius 3 is 2.08 bits per heavy atom. The number of benzene rings is 2. The molecule has 1 atom stereocenters. The van der Waals surface area contributed by atoms with E-state index in [1.807, 2.05) is 39.8 Å². The number of phenols is 1. The van der Waals surface area contributed by atoms with Crippen LogP contribution in [0.1, 0.15) is 83.8 Å². The number of aromatic hydroxyl groups is 1. The summed E-state index contributed by atoms with van der Waals surface area (Å²) in [6.07, 6.45) is 6.70. The van der Waals surface area contributed by atoms with E-state index in [9.17, 15) is 24.3 Å². The van der Waals surface area contributed by atoms with Crippen molar-refractivity contribution in [3.8, 4) is 23.0 Å². The summed E-state index contributed by atoms with van der Waals surface area (Å²) < 4.78 is 29.0. The zero-order chi connectivity index (χ0) is 38.4. The molecule has 0 unspecified atom stereocenters. The molecule has 0 bridgehead atoms. The number of amides is 2. The SMILES string of the molecule is COC(=O)C[C@@H](CCCN)NC(=O)CCCOc1cc2oc3cc(OCCCC(N)=O)c(OC)c(CC=C(C)C)c3c(=O)c2c(O)c1CC=C(C)C. The van der Waals surface area contributed by atoms with Gasteiger partial charge in [-0.3, -0.25) is 19.2 Å². The number of esters is 1. The van der Waals surface area contributed by atoms with E-state index in [4.69, 9.17) is 34.8 Å². The standard InChI is InChI=1S/C39H53N3O10/c1-23(2)13-15-26-28(50-19-9-12-33(44)42-25(10-7-17-40)20-34(45)48-5)21-30-36(37(26)46)38(47)35-27(16-14-24(3)4)39(49-6)31(22-29(35)52-30)51-18-8-11-32(41)43/h13-14,21-22,25,46H,7-12,15-20,40H2,1-6H3,(H2,41,43)(H,42,44)/t25-/m1/s1. The summed E-state index contributed by atoms with van der Waals surface area (Å²) in [7, 11) is 2.78. The Balaban J connectivity index is 2.04. The van der Waals surface area contributed by atoms with Gasteiger partial charge in [0.15, 0.2) is 11.5 Å². The van der Waals surface area contributed by atoms with Gasteiger partial charge in [-0.1, -0.05) is 23.3 Å². The van der Waals surface area contributed by atoms with E-state index >= 15 is 0 Å². The predicted octanol–water partition coefficient (Wildman–Crippen LogP) is 5.27. The molecule has 2 aromatic carbocycles. The second-order valence-electron chi connectivity index (χ2n) is 13.1. The number of carbonyl (C=O) groups is 3. The lowest BCUT2D eigenvalue weighted by molar-refractivity contribution is -0.141. The molecular formula is C39H53N3O10. The lowest BCUT2D eigenvalue weighted by Crippen LogP contribution is -2.37. The van der Waals surface area contributed by atoms with Gasteiger partial charge in [0.2, 0.25) is 17.2 Å². The first-order chi connectivity index (χ1) is 24.8. The van der Waals surface area contributed by atoms with Crippen LogP contribution >= 0.6 is 0 Å². The highest BCUT2D eigenvalue weighted by atomic mass is 16.5. The molecular weight excluding hydrogens is 670 g/mol. The number of ether oxygens (including phenoxy) is 4. The van der Waals surface area contributed by atoms with E-state index in [2.05, 4.69) is 5.32 Å². The van der Waals surface area contributed by atoms with Crippen LogP contribution < -0.4 is 36.4 Å². The Morgan fingerprint density at radius 2 is 1.48 bits per heavy atom. The van der Waals surface area contributed by atoms with Crippen molar-refractivity contribution in [2.45, 2.75) is 91.5 Å². The summed E-state index contributed by atoms with van der Waals surface area (Å²) in [4.78, 5) is 50.2. The van der Waals surface area contributed by atoms with E-state index in [1.54, 1.807) is 12.1 Å². The third-order valence-electron chi connectivity index (χ3n) is 8.34. The first-order valence-corrected chi connectivity index (χ1v) is 17.5. The molecule has 1 aromatic heterocycles. The second kappa shape index (κ2) is 20.1. The van der Waals surface area contributed by atoms with Crippen LogP contribution in [0.2, 0.25) is 0 Å². The summed E-state index contributed by atoms with van der Waals surface area (Å²) in [5, 5.41) is 14.8. The number of carbonyl (C=O) groups excluding carboxylic acids is 3. The monoisotopic (exact) mass is 723 g/mol. The van der Waals surface area contributed by atoms with Gasteiger partial charge in [0, 0.05) is 42.1 Å². The molecule has 0 aliphatic rings. The number of nitrogens with one attached hydrogen (secondary N) is 1. The molecule has 0 radical (unpaired) electrons. The number of hydrogen-bond acceptors (Lipinski definition) is 11. The van der Waals surface area contributed by atoms with E-state index in [-0.39, 0.29) is 78.5 Å². The lowest BCUT2D eigenvalue weighted by Gasteiger charge is -2.18. The Labute approximate surface area is 304 Å². The van der Waals surface area contributed by atoms with Crippen LogP contribution in [0, 0.1) is 0 Å². The van der Waals surface area contributed by atoms with Gasteiger partial charge < -0.3 is 45.3 Å². The fourth-order valence-corrected chi connectivity index (χ4v) is 5.68. The van der Waals surface area contributed by atoms with Gasteiger partial charge in [0.05, 0.1) is 39.2 Å². The van der Waals surface area contributed by atoms with E-state index < -0.39 is 17.3 Å². The van der Waals surface area contributed by atoms with Crippen LogP contribution in [0.3, 0.4) is 0 Å². The summed E-state index contributed by atoms with van der Waals surface area (Å²) in [6, 6.07) is 2.76. The number of hydrogen-bond donors (Lipinski definition) is 4. The normalized spacial score (nSPS) is 11.5. The van der Waals surface area contributed by atoms with Crippen LogP contribution in [0.5, 0.6) is 23.0 Å². The van der Waals surface area contributed by atoms with Gasteiger partial charge in [0.1, 0.15) is 28.1 Å². The Bertz CT molecular complexity index is 1850. The molecule has 6 N–H and O–H groups in total. The Hall–Kier alpha value is -5.04.